The van der Waals surface area contributed by atoms with Gasteiger partial charge >= 0.3 is 6.18 Å². The van der Waals surface area contributed by atoms with E-state index in [-0.39, 0.29) is 5.56 Å². The normalized spacial score (nSPS) is 30.5. The van der Waals surface area contributed by atoms with Crippen molar-refractivity contribution in [3.05, 3.63) is 35.4 Å². The Morgan fingerprint density at radius 3 is 2.67 bits per heavy atom. The highest BCUT2D eigenvalue weighted by atomic mass is 19.4. The van der Waals surface area contributed by atoms with Crippen LogP contribution in [0.25, 0.3) is 0 Å². The zero-order valence-corrected chi connectivity index (χ0v) is 11.8. The Morgan fingerprint density at radius 2 is 1.86 bits per heavy atom. The van der Waals surface area contributed by atoms with Gasteiger partial charge in [-0.15, -0.1) is 0 Å². The first-order chi connectivity index (χ1) is 10.1. The molecular formula is C16H20F3NO. The first kappa shape index (κ1) is 14.9. The summed E-state index contributed by atoms with van der Waals surface area (Å²) in [6, 6.07) is 6.13. The van der Waals surface area contributed by atoms with Crippen molar-refractivity contribution in [2.75, 3.05) is 13.2 Å². The largest absolute Gasteiger partial charge is 0.416 e. The van der Waals surface area contributed by atoms with Gasteiger partial charge in [0.15, 0.2) is 0 Å². The number of alkyl halides is 3. The van der Waals surface area contributed by atoms with Gasteiger partial charge < -0.3 is 10.1 Å². The molecule has 3 atom stereocenters. The summed E-state index contributed by atoms with van der Waals surface area (Å²) in [5, 5.41) is 3.42. The van der Waals surface area contributed by atoms with Crippen molar-refractivity contribution < 1.29 is 17.9 Å². The summed E-state index contributed by atoms with van der Waals surface area (Å²) in [6.07, 6.45) is -0.270. The van der Waals surface area contributed by atoms with Gasteiger partial charge in [0.05, 0.1) is 18.3 Å². The molecule has 1 aromatic carbocycles. The number of ether oxygens (including phenoxy) is 1. The number of halogens is 3. The molecule has 1 saturated carbocycles. The summed E-state index contributed by atoms with van der Waals surface area (Å²) in [5.74, 6) is 0.432. The fourth-order valence-electron chi connectivity index (χ4n) is 3.47. The number of nitrogens with one attached hydrogen (secondary N) is 1. The van der Waals surface area contributed by atoms with Crippen LogP contribution in [0.1, 0.15) is 42.9 Å². The second-order valence-electron chi connectivity index (χ2n) is 5.97. The van der Waals surface area contributed by atoms with Crippen molar-refractivity contribution in [1.82, 2.24) is 5.32 Å². The second-order valence-corrected chi connectivity index (χ2v) is 5.97. The van der Waals surface area contributed by atoms with Gasteiger partial charge in [0.25, 0.3) is 0 Å². The second kappa shape index (κ2) is 5.97. The SMILES string of the molecule is FC(F)(F)c1ccccc1C1CNC2CCCCC2CO1. The average molecular weight is 299 g/mol. The molecule has 2 nitrogen and oxygen atoms in total. The van der Waals surface area contributed by atoms with Crippen LogP contribution in [0.4, 0.5) is 13.2 Å². The van der Waals surface area contributed by atoms with Crippen molar-refractivity contribution in [2.24, 2.45) is 5.92 Å². The van der Waals surface area contributed by atoms with E-state index in [9.17, 15) is 13.2 Å². The van der Waals surface area contributed by atoms with Crippen LogP contribution in [0.15, 0.2) is 24.3 Å². The molecule has 5 heteroatoms. The van der Waals surface area contributed by atoms with Crippen LogP contribution in [-0.2, 0) is 10.9 Å². The number of benzene rings is 1. The molecule has 3 rings (SSSR count). The van der Waals surface area contributed by atoms with Gasteiger partial charge in [-0.2, -0.15) is 13.2 Å². The summed E-state index contributed by atoms with van der Waals surface area (Å²) in [6.45, 7) is 1.00. The lowest BCUT2D eigenvalue weighted by molar-refractivity contribution is -0.139. The monoisotopic (exact) mass is 299 g/mol. The van der Waals surface area contributed by atoms with Crippen LogP contribution in [-0.4, -0.2) is 19.2 Å². The van der Waals surface area contributed by atoms with Gasteiger partial charge in [0.2, 0.25) is 0 Å². The summed E-state index contributed by atoms with van der Waals surface area (Å²) in [4.78, 5) is 0. The smallest absolute Gasteiger partial charge is 0.372 e. The van der Waals surface area contributed by atoms with E-state index in [4.69, 9.17) is 4.74 Å². The van der Waals surface area contributed by atoms with Gasteiger partial charge in [-0.1, -0.05) is 31.0 Å². The van der Waals surface area contributed by atoms with E-state index in [2.05, 4.69) is 5.32 Å². The van der Waals surface area contributed by atoms with E-state index >= 15 is 0 Å². The number of hydrogen-bond acceptors (Lipinski definition) is 2. The lowest BCUT2D eigenvalue weighted by Crippen LogP contribution is -2.38. The van der Waals surface area contributed by atoms with Crippen LogP contribution < -0.4 is 5.32 Å². The van der Waals surface area contributed by atoms with Crippen LogP contribution in [0.2, 0.25) is 0 Å². The third-order valence-corrected chi connectivity index (χ3v) is 4.60. The third-order valence-electron chi connectivity index (χ3n) is 4.60. The standard InChI is InChI=1S/C16H20F3NO/c17-16(18,19)13-7-3-2-6-12(13)15-9-20-14-8-4-1-5-11(14)10-21-15/h2-3,6-7,11,14-15,20H,1,4-5,8-10H2. The predicted octanol–water partition coefficient (Wildman–Crippen LogP) is 3.93. The molecule has 0 amide bonds. The fraction of sp³-hybridized carbons (Fsp3) is 0.625. The van der Waals surface area contributed by atoms with Crippen LogP contribution >= 0.6 is 0 Å². The van der Waals surface area contributed by atoms with Crippen molar-refractivity contribution in [1.29, 1.82) is 0 Å². The maximum Gasteiger partial charge on any atom is 0.416 e. The molecule has 0 spiro atoms. The Balaban J connectivity index is 1.81. The number of fused-ring (bicyclic) bond motifs is 1. The van der Waals surface area contributed by atoms with E-state index in [0.29, 0.717) is 25.1 Å². The van der Waals surface area contributed by atoms with Crippen molar-refractivity contribution >= 4 is 0 Å². The molecule has 116 valence electrons. The average Bonchev–Trinajstić information content (AvgIpc) is 2.69. The summed E-state index contributed by atoms with van der Waals surface area (Å²) in [7, 11) is 0. The first-order valence-corrected chi connectivity index (χ1v) is 7.57. The molecule has 2 aliphatic rings. The van der Waals surface area contributed by atoms with E-state index in [0.717, 1.165) is 18.9 Å². The topological polar surface area (TPSA) is 21.3 Å². The van der Waals surface area contributed by atoms with Crippen LogP contribution in [0.5, 0.6) is 0 Å². The summed E-state index contributed by atoms with van der Waals surface area (Å²) < 4.78 is 45.2. The zero-order chi connectivity index (χ0) is 14.9. The van der Waals surface area contributed by atoms with E-state index < -0.39 is 17.8 Å². The highest BCUT2D eigenvalue weighted by molar-refractivity contribution is 5.32. The molecule has 21 heavy (non-hydrogen) atoms. The molecule has 0 bridgehead atoms. The van der Waals surface area contributed by atoms with Gasteiger partial charge in [-0.05, 0) is 30.4 Å². The highest BCUT2D eigenvalue weighted by Crippen LogP contribution is 2.37. The van der Waals surface area contributed by atoms with E-state index in [1.54, 1.807) is 6.07 Å². The van der Waals surface area contributed by atoms with Crippen molar-refractivity contribution in [3.63, 3.8) is 0 Å². The zero-order valence-electron chi connectivity index (χ0n) is 11.8. The van der Waals surface area contributed by atoms with Gasteiger partial charge in [-0.25, -0.2) is 0 Å². The minimum Gasteiger partial charge on any atom is -0.372 e. The van der Waals surface area contributed by atoms with Crippen LogP contribution in [0.3, 0.4) is 0 Å². The summed E-state index contributed by atoms with van der Waals surface area (Å²) >= 11 is 0. The Morgan fingerprint density at radius 1 is 1.10 bits per heavy atom. The predicted molar refractivity (Wildman–Crippen MR) is 73.9 cm³/mol. The molecule has 0 radical (unpaired) electrons. The van der Waals surface area contributed by atoms with Crippen LogP contribution in [0, 0.1) is 5.92 Å². The molecule has 1 N–H and O–H groups in total. The molecule has 2 fully saturated rings. The minimum absolute atomic E-state index is 0.246. The fourth-order valence-corrected chi connectivity index (χ4v) is 3.47. The minimum atomic E-state index is -4.33. The Labute approximate surface area is 122 Å². The Kier molecular flexibility index (Phi) is 4.22. The molecular weight excluding hydrogens is 279 g/mol. The lowest BCUT2D eigenvalue weighted by Gasteiger charge is -2.29. The third kappa shape index (κ3) is 3.24. The van der Waals surface area contributed by atoms with Crippen molar-refractivity contribution in [2.45, 2.75) is 44.0 Å². The highest BCUT2D eigenvalue weighted by Gasteiger charge is 2.37. The quantitative estimate of drug-likeness (QED) is 0.848. The molecule has 1 aliphatic heterocycles. The Bertz CT molecular complexity index is 473. The van der Waals surface area contributed by atoms with Gasteiger partial charge in [0, 0.05) is 12.6 Å². The number of hydrogen-bond donors (Lipinski definition) is 1. The molecule has 0 aromatic heterocycles. The maximum absolute atomic E-state index is 13.1. The first-order valence-electron chi connectivity index (χ1n) is 7.57. The van der Waals surface area contributed by atoms with E-state index in [1.807, 2.05) is 0 Å². The lowest BCUT2D eigenvalue weighted by atomic mass is 9.85. The Hall–Kier alpha value is -1.07. The van der Waals surface area contributed by atoms with Gasteiger partial charge in [0.1, 0.15) is 0 Å². The molecule has 1 aliphatic carbocycles. The summed E-state index contributed by atoms with van der Waals surface area (Å²) in [5.41, 5.74) is -0.335. The molecule has 3 unspecified atom stereocenters. The van der Waals surface area contributed by atoms with E-state index in [1.165, 1.54) is 25.0 Å². The maximum atomic E-state index is 13.1. The molecule has 1 heterocycles. The van der Waals surface area contributed by atoms with Crippen molar-refractivity contribution in [3.8, 4) is 0 Å². The van der Waals surface area contributed by atoms with Gasteiger partial charge in [-0.3, -0.25) is 0 Å². The number of rotatable bonds is 1. The molecule has 1 saturated heterocycles. The molecule has 1 aromatic rings.